The molecule has 1 aromatic rings. The van der Waals surface area contributed by atoms with E-state index in [1.165, 1.54) is 25.1 Å². The quantitative estimate of drug-likeness (QED) is 0.923. The van der Waals surface area contributed by atoms with Crippen LogP contribution in [0.1, 0.15) is 25.3 Å². The molecule has 1 amide bonds. The van der Waals surface area contributed by atoms with Crippen LogP contribution < -0.4 is 10.1 Å². The predicted octanol–water partition coefficient (Wildman–Crippen LogP) is 2.68. The predicted molar refractivity (Wildman–Crippen MR) is 80.2 cm³/mol. The topological polar surface area (TPSA) is 41.6 Å². The number of ether oxygens (including phenoxy) is 1. The lowest BCUT2D eigenvalue weighted by molar-refractivity contribution is -0.144. The van der Waals surface area contributed by atoms with Crippen molar-refractivity contribution in [1.82, 2.24) is 10.2 Å². The number of carbonyl (C=O) groups excluding carboxylic acids is 1. The van der Waals surface area contributed by atoms with Crippen LogP contribution >= 0.6 is 0 Å². The molecule has 1 aliphatic rings. The summed E-state index contributed by atoms with van der Waals surface area (Å²) in [6.07, 6.45) is -3.83. The SMILES string of the molecule is CC(Oc1ccccc1C(F)(F)F)C(=O)N(C)C1CCNCC1. The summed E-state index contributed by atoms with van der Waals surface area (Å²) >= 11 is 0. The second-order valence-corrected chi connectivity index (χ2v) is 5.68. The maximum Gasteiger partial charge on any atom is 0.419 e. The summed E-state index contributed by atoms with van der Waals surface area (Å²) in [7, 11) is 1.67. The van der Waals surface area contributed by atoms with Gasteiger partial charge in [0.1, 0.15) is 5.75 Å². The summed E-state index contributed by atoms with van der Waals surface area (Å²) in [5.41, 5.74) is -0.871. The second kappa shape index (κ2) is 7.21. The van der Waals surface area contributed by atoms with Crippen molar-refractivity contribution in [2.45, 2.75) is 38.1 Å². The van der Waals surface area contributed by atoms with Crippen molar-refractivity contribution in [1.29, 1.82) is 0 Å². The molecule has 4 nitrogen and oxygen atoms in total. The first kappa shape index (κ1) is 17.6. The van der Waals surface area contributed by atoms with E-state index in [-0.39, 0.29) is 17.7 Å². The normalized spacial score (nSPS) is 17.6. The molecule has 0 saturated carbocycles. The smallest absolute Gasteiger partial charge is 0.419 e. The molecule has 2 rings (SSSR count). The number of likely N-dealkylation sites (N-methyl/N-ethyl adjacent to an activating group) is 1. The van der Waals surface area contributed by atoms with E-state index >= 15 is 0 Å². The third kappa shape index (κ3) is 4.37. The van der Waals surface area contributed by atoms with Gasteiger partial charge in [-0.1, -0.05) is 12.1 Å². The number of hydrogen-bond acceptors (Lipinski definition) is 3. The summed E-state index contributed by atoms with van der Waals surface area (Å²) in [4.78, 5) is 14.0. The van der Waals surface area contributed by atoms with Gasteiger partial charge in [-0.05, 0) is 45.0 Å². The summed E-state index contributed by atoms with van der Waals surface area (Å²) in [6, 6.07) is 5.02. The van der Waals surface area contributed by atoms with Crippen LogP contribution in [0.4, 0.5) is 13.2 Å². The van der Waals surface area contributed by atoms with Crippen LogP contribution in [0.15, 0.2) is 24.3 Å². The fraction of sp³-hybridized carbons (Fsp3) is 0.562. The van der Waals surface area contributed by atoms with E-state index in [4.69, 9.17) is 4.74 Å². The molecule has 0 aromatic heterocycles. The van der Waals surface area contributed by atoms with Crippen LogP contribution in [0.2, 0.25) is 0 Å². The minimum absolute atomic E-state index is 0.0904. The van der Waals surface area contributed by atoms with Gasteiger partial charge in [0.25, 0.3) is 5.91 Å². The molecule has 0 radical (unpaired) electrons. The fourth-order valence-corrected chi connectivity index (χ4v) is 2.71. The number of alkyl halides is 3. The lowest BCUT2D eigenvalue weighted by Crippen LogP contribution is -2.48. The van der Waals surface area contributed by atoms with E-state index in [2.05, 4.69) is 5.32 Å². The molecule has 0 aliphatic carbocycles. The first-order valence-corrected chi connectivity index (χ1v) is 7.61. The van der Waals surface area contributed by atoms with E-state index in [1.54, 1.807) is 11.9 Å². The molecule has 23 heavy (non-hydrogen) atoms. The van der Waals surface area contributed by atoms with Gasteiger partial charge in [0.05, 0.1) is 5.56 Å². The molecule has 0 bridgehead atoms. The molecule has 0 spiro atoms. The van der Waals surface area contributed by atoms with Gasteiger partial charge < -0.3 is 15.0 Å². The van der Waals surface area contributed by atoms with E-state index in [9.17, 15) is 18.0 Å². The first-order chi connectivity index (χ1) is 10.8. The second-order valence-electron chi connectivity index (χ2n) is 5.68. The van der Waals surface area contributed by atoms with Crippen molar-refractivity contribution in [3.05, 3.63) is 29.8 Å². The van der Waals surface area contributed by atoms with E-state index in [1.807, 2.05) is 0 Å². The Balaban J connectivity index is 2.06. The van der Waals surface area contributed by atoms with Crippen molar-refractivity contribution in [2.24, 2.45) is 0 Å². The standard InChI is InChI=1S/C16H21F3N2O2/c1-11(15(22)21(2)12-7-9-20-10-8-12)23-14-6-4-3-5-13(14)16(17,18)19/h3-6,11-12,20H,7-10H2,1-2H3. The summed E-state index contributed by atoms with van der Waals surface area (Å²) < 4.78 is 44.2. The Morgan fingerprint density at radius 1 is 1.30 bits per heavy atom. The number of para-hydroxylation sites is 1. The highest BCUT2D eigenvalue weighted by molar-refractivity contribution is 5.81. The van der Waals surface area contributed by atoms with Gasteiger partial charge in [0.2, 0.25) is 0 Å². The van der Waals surface area contributed by atoms with Crippen LogP contribution in [0.25, 0.3) is 0 Å². The molecule has 1 saturated heterocycles. The summed E-state index contributed by atoms with van der Waals surface area (Å²) in [5, 5.41) is 3.21. The Morgan fingerprint density at radius 2 is 1.91 bits per heavy atom. The molecule has 1 atom stereocenters. The minimum Gasteiger partial charge on any atom is -0.480 e. The molecule has 1 fully saturated rings. The minimum atomic E-state index is -4.51. The van der Waals surface area contributed by atoms with Gasteiger partial charge in [0.15, 0.2) is 6.10 Å². The molecule has 128 valence electrons. The Morgan fingerprint density at radius 3 is 2.52 bits per heavy atom. The molecule has 1 N–H and O–H groups in total. The lowest BCUT2D eigenvalue weighted by atomic mass is 10.0. The maximum absolute atomic E-state index is 13.0. The maximum atomic E-state index is 13.0. The molecule has 7 heteroatoms. The van der Waals surface area contributed by atoms with Gasteiger partial charge >= 0.3 is 6.18 Å². The zero-order chi connectivity index (χ0) is 17.0. The van der Waals surface area contributed by atoms with Gasteiger partial charge in [-0.25, -0.2) is 0 Å². The highest BCUT2D eigenvalue weighted by Gasteiger charge is 2.35. The van der Waals surface area contributed by atoms with Crippen LogP contribution in [0.3, 0.4) is 0 Å². The Labute approximate surface area is 133 Å². The third-order valence-corrected chi connectivity index (χ3v) is 4.05. The highest BCUT2D eigenvalue weighted by atomic mass is 19.4. The number of hydrogen-bond donors (Lipinski definition) is 1. The van der Waals surface area contributed by atoms with Gasteiger partial charge in [-0.2, -0.15) is 13.2 Å². The zero-order valence-corrected chi connectivity index (χ0v) is 13.2. The Kier molecular flexibility index (Phi) is 5.51. The summed E-state index contributed by atoms with van der Waals surface area (Å²) in [6.45, 7) is 3.13. The monoisotopic (exact) mass is 330 g/mol. The highest BCUT2D eigenvalue weighted by Crippen LogP contribution is 2.36. The van der Waals surface area contributed by atoms with Crippen LogP contribution in [0.5, 0.6) is 5.75 Å². The Hall–Kier alpha value is -1.76. The number of rotatable bonds is 4. The number of carbonyl (C=O) groups is 1. The van der Waals surface area contributed by atoms with Crippen LogP contribution in [0, 0.1) is 0 Å². The molecular weight excluding hydrogens is 309 g/mol. The number of halogens is 3. The zero-order valence-electron chi connectivity index (χ0n) is 13.2. The molecule has 1 aromatic carbocycles. The largest absolute Gasteiger partial charge is 0.480 e. The lowest BCUT2D eigenvalue weighted by Gasteiger charge is -2.33. The van der Waals surface area contributed by atoms with Crippen molar-refractivity contribution in [2.75, 3.05) is 20.1 Å². The first-order valence-electron chi connectivity index (χ1n) is 7.61. The van der Waals surface area contributed by atoms with E-state index < -0.39 is 17.8 Å². The molecule has 1 aliphatic heterocycles. The molecule has 1 heterocycles. The van der Waals surface area contributed by atoms with Crippen LogP contribution in [-0.2, 0) is 11.0 Å². The number of piperidine rings is 1. The molecule has 1 unspecified atom stereocenters. The number of benzene rings is 1. The average molecular weight is 330 g/mol. The van der Waals surface area contributed by atoms with Crippen molar-refractivity contribution < 1.29 is 22.7 Å². The van der Waals surface area contributed by atoms with Crippen molar-refractivity contribution in [3.8, 4) is 5.75 Å². The van der Waals surface area contributed by atoms with Gasteiger partial charge in [-0.15, -0.1) is 0 Å². The number of nitrogens with zero attached hydrogens (tertiary/aromatic N) is 1. The van der Waals surface area contributed by atoms with Gasteiger partial charge in [0, 0.05) is 13.1 Å². The van der Waals surface area contributed by atoms with Crippen molar-refractivity contribution in [3.63, 3.8) is 0 Å². The van der Waals surface area contributed by atoms with Crippen LogP contribution in [-0.4, -0.2) is 43.1 Å². The van der Waals surface area contributed by atoms with Crippen molar-refractivity contribution >= 4 is 5.91 Å². The summed E-state index contributed by atoms with van der Waals surface area (Å²) in [5.74, 6) is -0.631. The Bertz CT molecular complexity index is 542. The number of amides is 1. The van der Waals surface area contributed by atoms with E-state index in [0.29, 0.717) is 0 Å². The van der Waals surface area contributed by atoms with Gasteiger partial charge in [-0.3, -0.25) is 4.79 Å². The number of nitrogens with one attached hydrogen (secondary N) is 1. The molecular formula is C16H21F3N2O2. The fourth-order valence-electron chi connectivity index (χ4n) is 2.71. The van der Waals surface area contributed by atoms with E-state index in [0.717, 1.165) is 32.0 Å². The average Bonchev–Trinajstić information content (AvgIpc) is 2.53. The third-order valence-electron chi connectivity index (χ3n) is 4.05.